The Morgan fingerprint density at radius 3 is 2.94 bits per heavy atom. The lowest BCUT2D eigenvalue weighted by Crippen LogP contribution is -2.17. The second kappa shape index (κ2) is 8.95. The van der Waals surface area contributed by atoms with E-state index in [2.05, 4.69) is 20.1 Å². The predicted molar refractivity (Wildman–Crippen MR) is 117 cm³/mol. The number of nitrogens with zero attached hydrogens (tertiary/aromatic N) is 5. The molecule has 0 spiro atoms. The molecule has 3 aromatic rings. The number of rotatable bonds is 8. The third-order valence-corrected chi connectivity index (χ3v) is 6.84. The largest absolute Gasteiger partial charge is 0.454 e. The fourth-order valence-corrected chi connectivity index (χ4v) is 4.92. The van der Waals surface area contributed by atoms with Crippen LogP contribution in [0, 0.1) is 13.8 Å². The molecule has 2 aromatic heterocycles. The van der Waals surface area contributed by atoms with Crippen molar-refractivity contribution in [2.75, 3.05) is 19.2 Å². The highest BCUT2D eigenvalue weighted by Crippen LogP contribution is 2.33. The molecule has 4 heterocycles. The number of thioether (sulfide) groups is 1. The first-order chi connectivity index (χ1) is 15.6. The summed E-state index contributed by atoms with van der Waals surface area (Å²) >= 11 is 1.36. The van der Waals surface area contributed by atoms with Crippen molar-refractivity contribution in [3.63, 3.8) is 0 Å². The van der Waals surface area contributed by atoms with E-state index in [0.29, 0.717) is 18.2 Å². The third-order valence-electron chi connectivity index (χ3n) is 5.88. The molecule has 0 saturated carbocycles. The van der Waals surface area contributed by atoms with Gasteiger partial charge in [-0.2, -0.15) is 0 Å². The zero-order chi connectivity index (χ0) is 22.1. The second-order valence-corrected chi connectivity index (χ2v) is 8.99. The van der Waals surface area contributed by atoms with Crippen LogP contribution in [0.25, 0.3) is 0 Å². The van der Waals surface area contributed by atoms with Crippen molar-refractivity contribution in [1.82, 2.24) is 24.8 Å². The lowest BCUT2D eigenvalue weighted by atomic mass is 10.1. The summed E-state index contributed by atoms with van der Waals surface area (Å²) in [6.07, 6.45) is 2.22. The van der Waals surface area contributed by atoms with Gasteiger partial charge in [0.1, 0.15) is 0 Å². The Morgan fingerprint density at radius 1 is 1.22 bits per heavy atom. The minimum Gasteiger partial charge on any atom is -0.454 e. The average molecular weight is 456 g/mol. The van der Waals surface area contributed by atoms with Gasteiger partial charge in [-0.05, 0) is 60.9 Å². The van der Waals surface area contributed by atoms with E-state index in [9.17, 15) is 4.79 Å². The Kier molecular flexibility index (Phi) is 5.88. The minimum atomic E-state index is 0.0618. The molecule has 10 heteroatoms. The van der Waals surface area contributed by atoms with Crippen LogP contribution in [0.3, 0.4) is 0 Å². The molecule has 9 nitrogen and oxygen atoms in total. The summed E-state index contributed by atoms with van der Waals surface area (Å²) in [5.41, 5.74) is 3.81. The van der Waals surface area contributed by atoms with Crippen molar-refractivity contribution >= 4 is 17.5 Å². The zero-order valence-electron chi connectivity index (χ0n) is 18.1. The van der Waals surface area contributed by atoms with Gasteiger partial charge in [-0.3, -0.25) is 4.79 Å². The van der Waals surface area contributed by atoms with Crippen molar-refractivity contribution in [2.24, 2.45) is 0 Å². The molecule has 2 aliphatic rings. The zero-order valence-corrected chi connectivity index (χ0v) is 18.9. The first-order valence-electron chi connectivity index (χ1n) is 10.7. The van der Waals surface area contributed by atoms with Gasteiger partial charge in [0.2, 0.25) is 11.9 Å². The molecule has 1 atom stereocenters. The van der Waals surface area contributed by atoms with Crippen LogP contribution < -0.4 is 9.47 Å². The topological polar surface area (TPSA) is 93.3 Å². The van der Waals surface area contributed by atoms with Crippen molar-refractivity contribution in [1.29, 1.82) is 0 Å². The molecular formula is C22H25N5O4S. The van der Waals surface area contributed by atoms with Gasteiger partial charge < -0.3 is 18.8 Å². The summed E-state index contributed by atoms with van der Waals surface area (Å²) in [4.78, 5) is 13.0. The fraction of sp³-hybridized carbons (Fsp3) is 0.455. The maximum absolute atomic E-state index is 13.0. The average Bonchev–Trinajstić information content (AvgIpc) is 3.58. The van der Waals surface area contributed by atoms with Crippen LogP contribution in [-0.2, 0) is 17.8 Å². The summed E-state index contributed by atoms with van der Waals surface area (Å²) in [5, 5.41) is 12.6. The van der Waals surface area contributed by atoms with Crippen molar-refractivity contribution < 1.29 is 19.0 Å². The molecule has 1 aromatic carbocycles. The standard InChI is InChI=1S/C22H25N5O4S/c1-14-8-18(15(2)26(14)10-16-5-6-20-21(9-16)31-13-30-20)19(28)12-32-22-23-24-25-27(22)11-17-4-3-7-29-17/h5-6,8-9,17H,3-4,7,10-13H2,1-2H3/t17-/m0/s1. The molecule has 0 aliphatic carbocycles. The van der Waals surface area contributed by atoms with E-state index in [4.69, 9.17) is 14.2 Å². The lowest BCUT2D eigenvalue weighted by molar-refractivity contribution is 0.0912. The van der Waals surface area contributed by atoms with Gasteiger partial charge in [0.15, 0.2) is 17.3 Å². The van der Waals surface area contributed by atoms with Gasteiger partial charge >= 0.3 is 0 Å². The SMILES string of the molecule is Cc1cc(C(=O)CSc2nnnn2C[C@@H]2CCCO2)c(C)n1Cc1ccc2c(c1)OCO2. The Hall–Kier alpha value is -2.85. The number of Topliss-reactive ketones (excluding diaryl/α,β-unsaturated/α-hetero) is 1. The van der Waals surface area contributed by atoms with Gasteiger partial charge in [-0.25, -0.2) is 4.68 Å². The number of carbonyl (C=O) groups excluding carboxylic acids is 1. The van der Waals surface area contributed by atoms with Gasteiger partial charge in [-0.15, -0.1) is 5.10 Å². The van der Waals surface area contributed by atoms with Crippen LogP contribution in [0.1, 0.15) is 40.2 Å². The van der Waals surface area contributed by atoms with Crippen LogP contribution in [0.15, 0.2) is 29.4 Å². The van der Waals surface area contributed by atoms with E-state index in [1.54, 1.807) is 4.68 Å². The molecule has 0 unspecified atom stereocenters. The first-order valence-corrected chi connectivity index (χ1v) is 11.7. The normalized spacial score (nSPS) is 17.2. The van der Waals surface area contributed by atoms with Crippen LogP contribution in [-0.4, -0.2) is 55.8 Å². The van der Waals surface area contributed by atoms with Crippen LogP contribution in [0.4, 0.5) is 0 Å². The Bertz CT molecular complexity index is 1140. The molecule has 0 N–H and O–H groups in total. The van der Waals surface area contributed by atoms with Gasteiger partial charge in [-0.1, -0.05) is 17.8 Å². The maximum Gasteiger partial charge on any atom is 0.231 e. The number of fused-ring (bicyclic) bond motifs is 1. The van der Waals surface area contributed by atoms with Gasteiger partial charge in [0, 0.05) is 30.1 Å². The predicted octanol–water partition coefficient (Wildman–Crippen LogP) is 3.02. The van der Waals surface area contributed by atoms with E-state index >= 15 is 0 Å². The fourth-order valence-electron chi connectivity index (χ4n) is 4.15. The van der Waals surface area contributed by atoms with Gasteiger partial charge in [0.05, 0.1) is 18.4 Å². The van der Waals surface area contributed by atoms with E-state index in [0.717, 1.165) is 53.5 Å². The smallest absolute Gasteiger partial charge is 0.231 e. The first kappa shape index (κ1) is 21.0. The number of aromatic nitrogens is 5. The van der Waals surface area contributed by atoms with Crippen LogP contribution in [0.2, 0.25) is 0 Å². The molecule has 0 bridgehead atoms. The summed E-state index contributed by atoms with van der Waals surface area (Å²) < 4.78 is 20.4. The molecule has 32 heavy (non-hydrogen) atoms. The molecule has 0 radical (unpaired) electrons. The van der Waals surface area contributed by atoms with Gasteiger partial charge in [0.25, 0.3) is 0 Å². The number of carbonyl (C=O) groups is 1. The van der Waals surface area contributed by atoms with Crippen molar-refractivity contribution in [2.45, 2.75) is 51.0 Å². The Labute approximate surface area is 190 Å². The van der Waals surface area contributed by atoms with E-state index in [-0.39, 0.29) is 24.4 Å². The summed E-state index contributed by atoms with van der Waals surface area (Å²) in [6, 6.07) is 7.90. The monoisotopic (exact) mass is 455 g/mol. The second-order valence-electron chi connectivity index (χ2n) is 8.05. The highest BCUT2D eigenvalue weighted by Gasteiger charge is 2.21. The summed E-state index contributed by atoms with van der Waals surface area (Å²) in [6.45, 7) is 6.33. The Balaban J connectivity index is 1.25. The number of hydrogen-bond donors (Lipinski definition) is 0. The molecule has 2 aliphatic heterocycles. The van der Waals surface area contributed by atoms with Crippen molar-refractivity contribution in [3.8, 4) is 11.5 Å². The highest BCUT2D eigenvalue weighted by atomic mass is 32.2. The lowest BCUT2D eigenvalue weighted by Gasteiger charge is -2.11. The molecular weight excluding hydrogens is 430 g/mol. The number of aryl methyl sites for hydroxylation is 1. The number of hydrogen-bond acceptors (Lipinski definition) is 8. The molecule has 5 rings (SSSR count). The minimum absolute atomic E-state index is 0.0618. The molecule has 0 amide bonds. The summed E-state index contributed by atoms with van der Waals surface area (Å²) in [5.74, 6) is 1.87. The Morgan fingerprint density at radius 2 is 2.09 bits per heavy atom. The molecule has 1 fully saturated rings. The molecule has 168 valence electrons. The van der Waals surface area contributed by atoms with Crippen molar-refractivity contribution in [3.05, 3.63) is 46.8 Å². The highest BCUT2D eigenvalue weighted by molar-refractivity contribution is 7.99. The summed E-state index contributed by atoms with van der Waals surface area (Å²) in [7, 11) is 0. The van der Waals surface area contributed by atoms with Crippen LogP contribution in [0.5, 0.6) is 11.5 Å². The number of benzene rings is 1. The van der Waals surface area contributed by atoms with Crippen LogP contribution >= 0.6 is 11.8 Å². The maximum atomic E-state index is 13.0. The van der Waals surface area contributed by atoms with E-state index in [1.165, 1.54) is 11.8 Å². The number of ketones is 1. The third kappa shape index (κ3) is 4.24. The number of tetrazole rings is 1. The van der Waals surface area contributed by atoms with E-state index < -0.39 is 0 Å². The quantitative estimate of drug-likeness (QED) is 0.378. The van der Waals surface area contributed by atoms with E-state index in [1.807, 2.05) is 38.1 Å². The molecule has 1 saturated heterocycles. The number of ether oxygens (including phenoxy) is 3.